The van der Waals surface area contributed by atoms with Gasteiger partial charge in [0, 0.05) is 0 Å². The Hall–Kier alpha value is -1.71. The minimum Gasteiger partial charge on any atom is -0.506 e. The molecule has 1 aromatic rings. The molecule has 0 fully saturated rings. The van der Waals surface area contributed by atoms with Crippen molar-refractivity contribution in [3.63, 3.8) is 0 Å². The summed E-state index contributed by atoms with van der Waals surface area (Å²) < 4.78 is 5.18. The Morgan fingerprint density at radius 3 is 3.08 bits per heavy atom. The number of hydrogen-bond acceptors (Lipinski definition) is 3. The highest BCUT2D eigenvalue weighted by atomic mass is 16.5. The fourth-order valence-corrected chi connectivity index (χ4v) is 1.30. The van der Waals surface area contributed by atoms with Crippen molar-refractivity contribution < 1.29 is 14.6 Å². The largest absolute Gasteiger partial charge is 0.506 e. The highest BCUT2D eigenvalue weighted by Gasteiger charge is 2.20. The van der Waals surface area contributed by atoms with Crippen LogP contribution in [0.3, 0.4) is 0 Å². The van der Waals surface area contributed by atoms with Crippen LogP contribution in [-0.2, 0) is 4.79 Å². The third-order valence-corrected chi connectivity index (χ3v) is 1.94. The predicted octanol–water partition coefficient (Wildman–Crippen LogP) is 1.03. The lowest BCUT2D eigenvalue weighted by atomic mass is 10.1. The molecule has 0 bridgehead atoms. The molecule has 1 aliphatic heterocycles. The second-order valence-electron chi connectivity index (χ2n) is 2.94. The molecular formula is C9H9NO3. The number of amides is 1. The van der Waals surface area contributed by atoms with Crippen molar-refractivity contribution in [3.8, 4) is 11.5 Å². The van der Waals surface area contributed by atoms with Gasteiger partial charge in [0.2, 0.25) is 0 Å². The van der Waals surface area contributed by atoms with E-state index in [2.05, 4.69) is 5.32 Å². The number of nitrogens with one attached hydrogen (secondary N) is 1. The zero-order chi connectivity index (χ0) is 9.42. The van der Waals surface area contributed by atoms with Crippen molar-refractivity contribution in [1.82, 2.24) is 0 Å². The summed E-state index contributed by atoms with van der Waals surface area (Å²) in [6.45, 7) is 1.87. The maximum absolute atomic E-state index is 10.9. The Morgan fingerprint density at radius 2 is 2.31 bits per heavy atom. The first kappa shape index (κ1) is 7.91. The second kappa shape index (κ2) is 2.65. The molecule has 0 spiro atoms. The molecule has 68 valence electrons. The van der Waals surface area contributed by atoms with E-state index in [0.717, 1.165) is 5.56 Å². The van der Waals surface area contributed by atoms with Crippen LogP contribution in [0.5, 0.6) is 11.5 Å². The Kier molecular flexibility index (Phi) is 1.62. The lowest BCUT2D eigenvalue weighted by Crippen LogP contribution is -2.25. The standard InChI is InChI=1S/C9H9NO3/c1-5-2-3-6(11)8-9(5)13-4-7(12)10-8/h2-3,11H,4H2,1H3,(H,10,12). The van der Waals surface area contributed by atoms with Crippen LogP contribution in [0.2, 0.25) is 0 Å². The summed E-state index contributed by atoms with van der Waals surface area (Å²) in [6.07, 6.45) is 0. The monoisotopic (exact) mass is 179 g/mol. The summed E-state index contributed by atoms with van der Waals surface area (Å²) in [5, 5.41) is 12.0. The van der Waals surface area contributed by atoms with Gasteiger partial charge in [-0.1, -0.05) is 6.07 Å². The van der Waals surface area contributed by atoms with E-state index in [9.17, 15) is 9.90 Å². The molecule has 0 radical (unpaired) electrons. The van der Waals surface area contributed by atoms with Gasteiger partial charge in [0.05, 0.1) is 0 Å². The van der Waals surface area contributed by atoms with Gasteiger partial charge in [0.25, 0.3) is 5.91 Å². The third kappa shape index (κ3) is 1.20. The van der Waals surface area contributed by atoms with Gasteiger partial charge in [0.15, 0.2) is 6.61 Å². The molecule has 1 aliphatic rings. The van der Waals surface area contributed by atoms with Crippen molar-refractivity contribution in [3.05, 3.63) is 17.7 Å². The first-order chi connectivity index (χ1) is 6.18. The van der Waals surface area contributed by atoms with Crippen LogP contribution in [0.15, 0.2) is 12.1 Å². The zero-order valence-electron chi connectivity index (χ0n) is 7.13. The third-order valence-electron chi connectivity index (χ3n) is 1.94. The zero-order valence-corrected chi connectivity index (χ0v) is 7.13. The summed E-state index contributed by atoms with van der Waals surface area (Å²) in [5.41, 5.74) is 1.27. The van der Waals surface area contributed by atoms with Crippen LogP contribution in [0.25, 0.3) is 0 Å². The number of carbonyl (C=O) groups is 1. The molecular weight excluding hydrogens is 170 g/mol. The van der Waals surface area contributed by atoms with E-state index >= 15 is 0 Å². The molecule has 0 saturated heterocycles. The van der Waals surface area contributed by atoms with Crippen LogP contribution in [0.4, 0.5) is 5.69 Å². The molecule has 0 aliphatic carbocycles. The summed E-state index contributed by atoms with van der Waals surface area (Å²) in [7, 11) is 0. The van der Waals surface area contributed by atoms with Crippen molar-refractivity contribution in [2.24, 2.45) is 0 Å². The quantitative estimate of drug-likeness (QED) is 0.585. The summed E-state index contributed by atoms with van der Waals surface area (Å²) in [6, 6.07) is 3.27. The lowest BCUT2D eigenvalue weighted by molar-refractivity contribution is -0.118. The van der Waals surface area contributed by atoms with E-state index in [1.165, 1.54) is 6.07 Å². The second-order valence-corrected chi connectivity index (χ2v) is 2.94. The van der Waals surface area contributed by atoms with Gasteiger partial charge in [-0.2, -0.15) is 0 Å². The van der Waals surface area contributed by atoms with Crippen molar-refractivity contribution in [2.45, 2.75) is 6.92 Å². The fourth-order valence-electron chi connectivity index (χ4n) is 1.30. The number of phenolic OH excluding ortho intramolecular Hbond substituents is 1. The number of rotatable bonds is 0. The topological polar surface area (TPSA) is 58.6 Å². The number of phenols is 1. The molecule has 0 aromatic heterocycles. The van der Waals surface area contributed by atoms with Gasteiger partial charge in [-0.05, 0) is 18.6 Å². The smallest absolute Gasteiger partial charge is 0.262 e. The van der Waals surface area contributed by atoms with Gasteiger partial charge < -0.3 is 15.2 Å². The summed E-state index contributed by atoms with van der Waals surface area (Å²) >= 11 is 0. The number of fused-ring (bicyclic) bond motifs is 1. The minimum absolute atomic E-state index is 0.0112. The molecule has 0 unspecified atom stereocenters. The Balaban J connectivity index is 2.57. The molecule has 4 heteroatoms. The lowest BCUT2D eigenvalue weighted by Gasteiger charge is -2.20. The Morgan fingerprint density at radius 1 is 1.54 bits per heavy atom. The molecule has 13 heavy (non-hydrogen) atoms. The van der Waals surface area contributed by atoms with Crippen LogP contribution in [0, 0.1) is 6.92 Å². The molecule has 0 saturated carbocycles. The number of benzene rings is 1. The maximum atomic E-state index is 10.9. The molecule has 1 heterocycles. The maximum Gasteiger partial charge on any atom is 0.262 e. The van der Waals surface area contributed by atoms with E-state index in [0.29, 0.717) is 11.4 Å². The van der Waals surface area contributed by atoms with Crippen LogP contribution in [0.1, 0.15) is 5.56 Å². The molecule has 1 amide bonds. The Bertz CT molecular complexity index is 373. The predicted molar refractivity (Wildman–Crippen MR) is 47.0 cm³/mol. The van der Waals surface area contributed by atoms with E-state index in [1.807, 2.05) is 6.92 Å². The van der Waals surface area contributed by atoms with Gasteiger partial charge in [-0.3, -0.25) is 4.79 Å². The number of ether oxygens (including phenoxy) is 1. The van der Waals surface area contributed by atoms with Crippen molar-refractivity contribution >= 4 is 11.6 Å². The Labute approximate surface area is 75.1 Å². The fraction of sp³-hybridized carbons (Fsp3) is 0.222. The first-order valence-corrected chi connectivity index (χ1v) is 3.93. The first-order valence-electron chi connectivity index (χ1n) is 3.93. The highest BCUT2D eigenvalue weighted by molar-refractivity contribution is 5.97. The van der Waals surface area contributed by atoms with Crippen molar-refractivity contribution in [1.29, 1.82) is 0 Å². The van der Waals surface area contributed by atoms with Gasteiger partial charge in [-0.15, -0.1) is 0 Å². The van der Waals surface area contributed by atoms with Crippen LogP contribution < -0.4 is 10.1 Å². The van der Waals surface area contributed by atoms with Crippen LogP contribution in [-0.4, -0.2) is 17.6 Å². The molecule has 0 atom stereocenters. The van der Waals surface area contributed by atoms with Gasteiger partial charge >= 0.3 is 0 Å². The number of anilines is 1. The van der Waals surface area contributed by atoms with Gasteiger partial charge in [0.1, 0.15) is 17.2 Å². The van der Waals surface area contributed by atoms with Crippen LogP contribution >= 0.6 is 0 Å². The molecule has 4 nitrogen and oxygen atoms in total. The highest BCUT2D eigenvalue weighted by Crippen LogP contribution is 2.38. The SMILES string of the molecule is Cc1ccc(O)c2c1OCC(=O)N2. The average Bonchev–Trinajstić information content (AvgIpc) is 2.12. The van der Waals surface area contributed by atoms with E-state index in [4.69, 9.17) is 4.74 Å². The molecule has 1 aromatic carbocycles. The molecule has 2 rings (SSSR count). The number of hydrogen-bond donors (Lipinski definition) is 2. The normalized spacial score (nSPS) is 14.4. The average molecular weight is 179 g/mol. The summed E-state index contributed by atoms with van der Waals surface area (Å²) in [4.78, 5) is 10.9. The van der Waals surface area contributed by atoms with E-state index in [-0.39, 0.29) is 18.3 Å². The summed E-state index contributed by atoms with van der Waals surface area (Å²) in [5.74, 6) is 0.349. The van der Waals surface area contributed by atoms with E-state index < -0.39 is 0 Å². The number of carbonyl (C=O) groups excluding carboxylic acids is 1. The van der Waals surface area contributed by atoms with Gasteiger partial charge in [-0.25, -0.2) is 0 Å². The minimum atomic E-state index is -0.242. The van der Waals surface area contributed by atoms with E-state index in [1.54, 1.807) is 6.07 Å². The number of aromatic hydroxyl groups is 1. The number of aryl methyl sites for hydroxylation is 1. The molecule has 2 N–H and O–H groups in total. The van der Waals surface area contributed by atoms with Crippen molar-refractivity contribution in [2.75, 3.05) is 11.9 Å².